The Balaban J connectivity index is 0.00000338. The van der Waals surface area contributed by atoms with Gasteiger partial charge in [0.25, 0.3) is 0 Å². The fourth-order valence-electron chi connectivity index (χ4n) is 2.88. The van der Waals surface area contributed by atoms with E-state index in [2.05, 4.69) is 41.3 Å². The van der Waals surface area contributed by atoms with E-state index in [1.54, 1.807) is 7.11 Å². The molecule has 148 valence electrons. The minimum Gasteiger partial charge on any atom is -0.496 e. The Hall–Kier alpha value is -0.670. The van der Waals surface area contributed by atoms with Gasteiger partial charge in [0, 0.05) is 50.4 Å². The molecule has 1 aliphatic heterocycles. The summed E-state index contributed by atoms with van der Waals surface area (Å²) in [6, 6.07) is 8.18. The lowest BCUT2D eigenvalue weighted by atomic mass is 10.1. The molecule has 2 atom stereocenters. The predicted molar refractivity (Wildman–Crippen MR) is 121 cm³/mol. The van der Waals surface area contributed by atoms with Crippen molar-refractivity contribution in [3.63, 3.8) is 0 Å². The molecule has 5 nitrogen and oxygen atoms in total. The van der Waals surface area contributed by atoms with Crippen molar-refractivity contribution in [2.45, 2.75) is 18.2 Å². The van der Waals surface area contributed by atoms with E-state index >= 15 is 0 Å². The summed E-state index contributed by atoms with van der Waals surface area (Å²) in [4.78, 5) is 7.81. The van der Waals surface area contributed by atoms with Crippen LogP contribution in [0.25, 0.3) is 0 Å². The predicted octanol–water partition coefficient (Wildman–Crippen LogP) is 3.59. The Bertz CT molecular complexity index is 553. The molecule has 1 N–H and O–H groups in total. The fraction of sp³-hybridized carbons (Fsp3) is 0.632. The summed E-state index contributed by atoms with van der Waals surface area (Å²) in [6.07, 6.45) is 1.15. The fourth-order valence-corrected chi connectivity index (χ4v) is 3.93. The Labute approximate surface area is 179 Å². The first-order valence-corrected chi connectivity index (χ1v) is 9.88. The van der Waals surface area contributed by atoms with E-state index in [1.807, 2.05) is 30.9 Å². The maximum Gasteiger partial charge on any atom is 0.193 e. The summed E-state index contributed by atoms with van der Waals surface area (Å²) in [5.74, 6) is 4.07. The van der Waals surface area contributed by atoms with E-state index in [1.165, 1.54) is 4.90 Å². The molecule has 7 heteroatoms. The molecule has 26 heavy (non-hydrogen) atoms. The average molecular weight is 493 g/mol. The molecule has 1 heterocycles. The summed E-state index contributed by atoms with van der Waals surface area (Å²) in [7, 11) is 5.67. The Morgan fingerprint density at radius 1 is 1.46 bits per heavy atom. The van der Waals surface area contributed by atoms with Crippen LogP contribution in [0.15, 0.2) is 34.2 Å². The molecule has 0 aliphatic carbocycles. The summed E-state index contributed by atoms with van der Waals surface area (Å²) in [5.41, 5.74) is 0. The molecule has 0 aromatic heterocycles. The zero-order chi connectivity index (χ0) is 18.1. The van der Waals surface area contributed by atoms with Crippen molar-refractivity contribution in [3.8, 4) is 5.75 Å². The number of ether oxygens (including phenoxy) is 2. The van der Waals surface area contributed by atoms with Crippen molar-refractivity contribution in [3.05, 3.63) is 24.3 Å². The molecule has 0 saturated carbocycles. The van der Waals surface area contributed by atoms with Crippen LogP contribution in [0.3, 0.4) is 0 Å². The summed E-state index contributed by atoms with van der Waals surface area (Å²) >= 11 is 1.84. The van der Waals surface area contributed by atoms with Crippen molar-refractivity contribution in [2.75, 3.05) is 53.3 Å². The van der Waals surface area contributed by atoms with Crippen LogP contribution in [0.1, 0.15) is 13.3 Å². The van der Waals surface area contributed by atoms with Crippen LogP contribution in [0.4, 0.5) is 0 Å². The van der Waals surface area contributed by atoms with Crippen molar-refractivity contribution in [1.29, 1.82) is 0 Å². The van der Waals surface area contributed by atoms with Gasteiger partial charge in [-0.15, -0.1) is 35.7 Å². The first-order valence-electron chi connectivity index (χ1n) is 8.89. The number of nitrogens with one attached hydrogen (secondary N) is 1. The zero-order valence-electron chi connectivity index (χ0n) is 16.2. The largest absolute Gasteiger partial charge is 0.496 e. The van der Waals surface area contributed by atoms with Crippen LogP contribution in [-0.4, -0.2) is 64.1 Å². The van der Waals surface area contributed by atoms with Crippen molar-refractivity contribution in [1.82, 2.24) is 10.2 Å². The second kappa shape index (κ2) is 12.7. The molecule has 1 aromatic rings. The Kier molecular flexibility index (Phi) is 11.4. The number of thioether (sulfide) groups is 1. The minimum atomic E-state index is 0. The second-order valence-corrected chi connectivity index (χ2v) is 7.67. The first kappa shape index (κ1) is 23.4. The monoisotopic (exact) mass is 493 g/mol. The summed E-state index contributed by atoms with van der Waals surface area (Å²) in [6.45, 7) is 5.91. The van der Waals surface area contributed by atoms with Gasteiger partial charge in [0.1, 0.15) is 5.75 Å². The van der Waals surface area contributed by atoms with Gasteiger partial charge in [-0.2, -0.15) is 0 Å². The van der Waals surface area contributed by atoms with Crippen molar-refractivity contribution in [2.24, 2.45) is 16.8 Å². The van der Waals surface area contributed by atoms with Crippen molar-refractivity contribution < 1.29 is 9.47 Å². The van der Waals surface area contributed by atoms with Gasteiger partial charge in [0.15, 0.2) is 5.96 Å². The molecular formula is C19H32IN3O2S. The standard InChI is InChI=1S/C19H31N3O2S.HI/c1-15(14-25-18-8-6-5-7-17(18)23-4)11-21-19(20-2)22(3)12-16-9-10-24-13-16;/h5-8,15-16H,9-14H2,1-4H3,(H,20,21);1H. The summed E-state index contributed by atoms with van der Waals surface area (Å²) < 4.78 is 10.9. The van der Waals surface area contributed by atoms with Crippen LogP contribution < -0.4 is 10.1 Å². The zero-order valence-corrected chi connectivity index (χ0v) is 19.4. The third-order valence-electron chi connectivity index (χ3n) is 4.33. The Morgan fingerprint density at radius 2 is 2.23 bits per heavy atom. The maximum absolute atomic E-state index is 5.46. The molecule has 1 fully saturated rings. The quantitative estimate of drug-likeness (QED) is 0.260. The molecule has 0 amide bonds. The normalized spacial score (nSPS) is 18.2. The molecule has 0 bridgehead atoms. The molecule has 1 aromatic carbocycles. The highest BCUT2D eigenvalue weighted by Gasteiger charge is 2.19. The molecule has 0 spiro atoms. The van der Waals surface area contributed by atoms with Gasteiger partial charge in [0.2, 0.25) is 0 Å². The number of hydrogen-bond donors (Lipinski definition) is 1. The third kappa shape index (κ3) is 7.52. The number of methoxy groups -OCH3 is 1. The van der Waals surface area contributed by atoms with Gasteiger partial charge in [-0.1, -0.05) is 19.1 Å². The average Bonchev–Trinajstić information content (AvgIpc) is 3.13. The smallest absolute Gasteiger partial charge is 0.193 e. The van der Waals surface area contributed by atoms with Gasteiger partial charge in [-0.3, -0.25) is 4.99 Å². The maximum atomic E-state index is 5.46. The van der Waals surface area contributed by atoms with E-state index in [0.717, 1.165) is 50.2 Å². The Morgan fingerprint density at radius 3 is 2.88 bits per heavy atom. The van der Waals surface area contributed by atoms with Crippen molar-refractivity contribution >= 4 is 41.7 Å². The van der Waals surface area contributed by atoms with Crippen LogP contribution in [0.2, 0.25) is 0 Å². The molecule has 2 rings (SSSR count). The van der Waals surface area contributed by atoms with E-state index < -0.39 is 0 Å². The van der Waals surface area contributed by atoms with Crippen LogP contribution >= 0.6 is 35.7 Å². The first-order chi connectivity index (χ1) is 12.1. The molecule has 1 saturated heterocycles. The number of aliphatic imine (C=N–C) groups is 1. The van der Waals surface area contributed by atoms with E-state index in [4.69, 9.17) is 9.47 Å². The van der Waals surface area contributed by atoms with Gasteiger partial charge in [-0.25, -0.2) is 0 Å². The van der Waals surface area contributed by atoms with E-state index in [9.17, 15) is 0 Å². The minimum absolute atomic E-state index is 0. The van der Waals surface area contributed by atoms with Crippen LogP contribution in [0, 0.1) is 11.8 Å². The number of guanidine groups is 1. The number of hydrogen-bond acceptors (Lipinski definition) is 4. The van der Waals surface area contributed by atoms with E-state index in [0.29, 0.717) is 11.8 Å². The lowest BCUT2D eigenvalue weighted by molar-refractivity contribution is 0.181. The number of rotatable bonds is 8. The highest BCUT2D eigenvalue weighted by atomic mass is 127. The summed E-state index contributed by atoms with van der Waals surface area (Å²) in [5, 5.41) is 3.50. The SMILES string of the molecule is CN=C(NCC(C)CSc1ccccc1OC)N(C)CC1CCOC1.I. The van der Waals surface area contributed by atoms with Gasteiger partial charge in [-0.05, 0) is 24.5 Å². The topological polar surface area (TPSA) is 46.1 Å². The second-order valence-electron chi connectivity index (χ2n) is 6.61. The molecular weight excluding hydrogens is 461 g/mol. The van der Waals surface area contributed by atoms with Crippen LogP contribution in [-0.2, 0) is 4.74 Å². The van der Waals surface area contributed by atoms with Gasteiger partial charge in [0.05, 0.1) is 13.7 Å². The highest BCUT2D eigenvalue weighted by Crippen LogP contribution is 2.29. The van der Waals surface area contributed by atoms with E-state index in [-0.39, 0.29) is 24.0 Å². The lowest BCUT2D eigenvalue weighted by Gasteiger charge is -2.25. The number of nitrogens with zero attached hydrogens (tertiary/aromatic N) is 2. The van der Waals surface area contributed by atoms with Gasteiger partial charge < -0.3 is 19.7 Å². The highest BCUT2D eigenvalue weighted by molar-refractivity contribution is 14.0. The molecule has 1 aliphatic rings. The number of para-hydroxylation sites is 1. The number of halogens is 1. The lowest BCUT2D eigenvalue weighted by Crippen LogP contribution is -2.43. The third-order valence-corrected chi connectivity index (χ3v) is 5.71. The number of benzene rings is 1. The van der Waals surface area contributed by atoms with Crippen LogP contribution in [0.5, 0.6) is 5.75 Å². The van der Waals surface area contributed by atoms with Gasteiger partial charge >= 0.3 is 0 Å². The molecule has 0 radical (unpaired) electrons. The molecule has 2 unspecified atom stereocenters.